The molecule has 0 heterocycles. The van der Waals surface area contributed by atoms with Crippen LogP contribution in [0.25, 0.3) is 0 Å². The van der Waals surface area contributed by atoms with E-state index in [1.807, 2.05) is 0 Å². The normalized spacial score (nSPS) is 36.1. The summed E-state index contributed by atoms with van der Waals surface area (Å²) in [6, 6.07) is 9.04. The van der Waals surface area contributed by atoms with Gasteiger partial charge in [0.05, 0.1) is 0 Å². The highest BCUT2D eigenvalue weighted by Gasteiger charge is 2.52. The van der Waals surface area contributed by atoms with Crippen LogP contribution in [0.1, 0.15) is 30.4 Å². The second-order valence-corrected chi connectivity index (χ2v) is 6.52. The third kappa shape index (κ3) is 1.95. The van der Waals surface area contributed by atoms with Gasteiger partial charge in [-0.15, -0.1) is 0 Å². The molecular weight excluding hydrogens is 260 g/mol. The first kappa shape index (κ1) is 10.8. The van der Waals surface area contributed by atoms with E-state index in [2.05, 4.69) is 47.1 Å². The van der Waals surface area contributed by atoms with E-state index in [0.29, 0.717) is 5.41 Å². The number of fused-ring (bicyclic) bond motifs is 1. The minimum Gasteiger partial charge on any atom is -0.0922 e. The Balaban J connectivity index is 1.77. The topological polar surface area (TPSA) is 0 Å². The summed E-state index contributed by atoms with van der Waals surface area (Å²) in [5.74, 6) is 2.14. The van der Waals surface area contributed by atoms with Crippen molar-refractivity contribution >= 4 is 15.9 Å². The Labute approximate surface area is 107 Å². The van der Waals surface area contributed by atoms with E-state index < -0.39 is 0 Å². The van der Waals surface area contributed by atoms with Crippen LogP contribution in [0.3, 0.4) is 0 Å². The zero-order valence-corrected chi connectivity index (χ0v) is 11.5. The average molecular weight is 279 g/mol. The molecule has 0 nitrogen and oxygen atoms in total. The quantitative estimate of drug-likeness (QED) is 0.722. The lowest BCUT2D eigenvalue weighted by molar-refractivity contribution is 0.308. The molecule has 2 aliphatic rings. The molecule has 0 N–H and O–H groups in total. The van der Waals surface area contributed by atoms with Gasteiger partial charge in [0.1, 0.15) is 0 Å². The molecule has 0 aromatic heterocycles. The van der Waals surface area contributed by atoms with Crippen molar-refractivity contribution in [2.45, 2.75) is 32.6 Å². The Hall–Kier alpha value is -0.300. The van der Waals surface area contributed by atoms with Crippen molar-refractivity contribution in [2.75, 3.05) is 5.33 Å². The van der Waals surface area contributed by atoms with Gasteiger partial charge in [-0.1, -0.05) is 45.8 Å². The summed E-state index contributed by atoms with van der Waals surface area (Å²) >= 11 is 3.76. The van der Waals surface area contributed by atoms with Crippen molar-refractivity contribution in [1.82, 2.24) is 0 Å². The van der Waals surface area contributed by atoms with Gasteiger partial charge in [-0.25, -0.2) is 0 Å². The molecule has 2 fully saturated rings. The van der Waals surface area contributed by atoms with E-state index in [1.165, 1.54) is 42.1 Å². The Kier molecular flexibility index (Phi) is 2.62. The Morgan fingerprint density at radius 2 is 2.06 bits per heavy atom. The van der Waals surface area contributed by atoms with Gasteiger partial charge in [-0.05, 0) is 55.4 Å². The molecule has 16 heavy (non-hydrogen) atoms. The second kappa shape index (κ2) is 3.87. The van der Waals surface area contributed by atoms with Gasteiger partial charge in [0.25, 0.3) is 0 Å². The molecule has 86 valence electrons. The third-order valence-electron chi connectivity index (χ3n) is 4.40. The lowest BCUT2D eigenvalue weighted by Crippen LogP contribution is -2.23. The summed E-state index contributed by atoms with van der Waals surface area (Å²) in [5, 5.41) is 1.18. The minimum atomic E-state index is 0.571. The molecule has 0 spiro atoms. The Morgan fingerprint density at radius 3 is 2.69 bits per heavy atom. The number of hydrogen-bond acceptors (Lipinski definition) is 0. The van der Waals surface area contributed by atoms with Crippen LogP contribution in [-0.4, -0.2) is 5.33 Å². The zero-order valence-electron chi connectivity index (χ0n) is 9.88. The van der Waals surface area contributed by atoms with Crippen molar-refractivity contribution in [3.05, 3.63) is 35.4 Å². The van der Waals surface area contributed by atoms with Crippen molar-refractivity contribution in [3.8, 4) is 0 Å². The predicted molar refractivity (Wildman–Crippen MR) is 71.9 cm³/mol. The summed E-state index contributed by atoms with van der Waals surface area (Å²) in [7, 11) is 0. The molecule has 2 aliphatic carbocycles. The smallest absolute Gasteiger partial charge is 0.00913 e. The largest absolute Gasteiger partial charge is 0.0922 e. The van der Waals surface area contributed by atoms with Gasteiger partial charge in [-0.3, -0.25) is 0 Å². The summed E-state index contributed by atoms with van der Waals surface area (Å²) in [6.07, 6.45) is 5.70. The van der Waals surface area contributed by atoms with Crippen molar-refractivity contribution in [1.29, 1.82) is 0 Å². The van der Waals surface area contributed by atoms with Gasteiger partial charge in [0, 0.05) is 5.33 Å². The summed E-state index contributed by atoms with van der Waals surface area (Å²) < 4.78 is 0. The van der Waals surface area contributed by atoms with Crippen molar-refractivity contribution < 1.29 is 0 Å². The van der Waals surface area contributed by atoms with Crippen molar-refractivity contribution in [2.24, 2.45) is 17.3 Å². The van der Waals surface area contributed by atoms with E-state index in [9.17, 15) is 0 Å². The number of benzene rings is 1. The summed E-state index contributed by atoms with van der Waals surface area (Å²) in [6.45, 7) is 2.19. The maximum absolute atomic E-state index is 3.76. The maximum atomic E-state index is 3.76. The van der Waals surface area contributed by atoms with E-state index in [4.69, 9.17) is 0 Å². The molecule has 3 rings (SSSR count). The lowest BCUT2D eigenvalue weighted by Gasteiger charge is -2.29. The van der Waals surface area contributed by atoms with E-state index in [0.717, 1.165) is 11.8 Å². The van der Waals surface area contributed by atoms with Crippen LogP contribution in [0, 0.1) is 24.2 Å². The molecule has 0 bridgehead atoms. The molecular formula is C15H19Br. The van der Waals surface area contributed by atoms with Crippen LogP contribution in [0.4, 0.5) is 0 Å². The molecule has 0 amide bonds. The van der Waals surface area contributed by atoms with Gasteiger partial charge >= 0.3 is 0 Å². The first-order chi connectivity index (χ1) is 7.71. The number of hydrogen-bond donors (Lipinski definition) is 0. The summed E-state index contributed by atoms with van der Waals surface area (Å²) in [5.41, 5.74) is 3.49. The highest BCUT2D eigenvalue weighted by molar-refractivity contribution is 9.09. The zero-order chi connectivity index (χ0) is 11.2. The highest BCUT2D eigenvalue weighted by atomic mass is 79.9. The fourth-order valence-corrected chi connectivity index (χ4v) is 4.22. The van der Waals surface area contributed by atoms with Gasteiger partial charge in [-0.2, -0.15) is 0 Å². The maximum Gasteiger partial charge on any atom is 0.00913 e. The monoisotopic (exact) mass is 278 g/mol. The number of halogens is 1. The molecule has 0 radical (unpaired) electrons. The van der Waals surface area contributed by atoms with Crippen LogP contribution < -0.4 is 0 Å². The van der Waals surface area contributed by atoms with Crippen LogP contribution in [0.5, 0.6) is 0 Å². The minimum absolute atomic E-state index is 0.571. The third-order valence-corrected chi connectivity index (χ3v) is 5.59. The van der Waals surface area contributed by atoms with Gasteiger partial charge in [0.15, 0.2) is 0 Å². The molecule has 1 heteroatoms. The average Bonchev–Trinajstić information content (AvgIpc) is 2.87. The molecule has 2 saturated carbocycles. The van der Waals surface area contributed by atoms with Gasteiger partial charge < -0.3 is 0 Å². The Morgan fingerprint density at radius 1 is 1.31 bits per heavy atom. The first-order valence-electron chi connectivity index (χ1n) is 6.32. The SMILES string of the molecule is Cc1cccc(CC2(CBr)CC3CC3C2)c1. The standard InChI is InChI=1S/C15H19Br/c1-11-3-2-4-12(5-11)7-15(10-16)8-13-6-14(13)9-15/h2-5,13-14H,6-10H2,1H3. The lowest BCUT2D eigenvalue weighted by atomic mass is 9.79. The number of rotatable bonds is 3. The molecule has 1 aromatic carbocycles. The van der Waals surface area contributed by atoms with Crippen LogP contribution in [0.2, 0.25) is 0 Å². The predicted octanol–water partition coefficient (Wildman–Crippen LogP) is 4.35. The molecule has 0 aliphatic heterocycles. The molecule has 0 saturated heterocycles. The first-order valence-corrected chi connectivity index (χ1v) is 7.44. The number of alkyl halides is 1. The van der Waals surface area contributed by atoms with Crippen LogP contribution >= 0.6 is 15.9 Å². The van der Waals surface area contributed by atoms with Crippen LogP contribution in [0.15, 0.2) is 24.3 Å². The fraction of sp³-hybridized carbons (Fsp3) is 0.600. The highest BCUT2D eigenvalue weighted by Crippen LogP contribution is 2.61. The van der Waals surface area contributed by atoms with E-state index in [-0.39, 0.29) is 0 Å². The second-order valence-electron chi connectivity index (χ2n) is 5.96. The number of aryl methyl sites for hydroxylation is 1. The Bertz CT molecular complexity index is 386. The van der Waals surface area contributed by atoms with E-state index in [1.54, 1.807) is 0 Å². The van der Waals surface area contributed by atoms with Crippen LogP contribution in [-0.2, 0) is 6.42 Å². The van der Waals surface area contributed by atoms with Crippen molar-refractivity contribution in [3.63, 3.8) is 0 Å². The summed E-state index contributed by atoms with van der Waals surface area (Å²) in [4.78, 5) is 0. The molecule has 2 unspecified atom stereocenters. The molecule has 1 aromatic rings. The molecule has 2 atom stereocenters. The van der Waals surface area contributed by atoms with E-state index >= 15 is 0 Å². The fourth-order valence-electron chi connectivity index (χ4n) is 3.56. The van der Waals surface area contributed by atoms with Gasteiger partial charge in [0.2, 0.25) is 0 Å².